The first-order chi connectivity index (χ1) is 19.6. The number of fused-ring (bicyclic) bond motifs is 1. The van der Waals surface area contributed by atoms with Crippen LogP contribution in [0.3, 0.4) is 0 Å². The molecular formula is C31H29N3O6S. The summed E-state index contributed by atoms with van der Waals surface area (Å²) in [5.74, 6) is 0.488. The Bertz CT molecular complexity index is 1880. The van der Waals surface area contributed by atoms with E-state index in [9.17, 15) is 19.7 Å². The van der Waals surface area contributed by atoms with Gasteiger partial charge in [-0.25, -0.2) is 9.79 Å². The van der Waals surface area contributed by atoms with Crippen LogP contribution >= 0.6 is 11.3 Å². The third-order valence-electron chi connectivity index (χ3n) is 6.95. The number of hydrogen-bond acceptors (Lipinski definition) is 8. The third kappa shape index (κ3) is 5.30. The highest BCUT2D eigenvalue weighted by molar-refractivity contribution is 7.07. The van der Waals surface area contributed by atoms with Crippen molar-refractivity contribution in [2.24, 2.45) is 4.99 Å². The van der Waals surface area contributed by atoms with Crippen LogP contribution in [-0.2, 0) is 9.53 Å². The number of hydrogen-bond donors (Lipinski definition) is 0. The van der Waals surface area contributed by atoms with Crippen molar-refractivity contribution in [3.63, 3.8) is 0 Å². The molecule has 0 unspecified atom stereocenters. The van der Waals surface area contributed by atoms with Gasteiger partial charge in [0.05, 0.1) is 38.9 Å². The number of benzene rings is 2. The lowest BCUT2D eigenvalue weighted by atomic mass is 9.93. The van der Waals surface area contributed by atoms with E-state index in [1.54, 1.807) is 51.1 Å². The SMILES string of the molecule is CCOC(=O)C1=C(C)N=c2s/c(=C\c3ccc(-c4ccc(C)cc4[N+](=O)[O-])o3)c(=O)n2[C@H]1c1ccc(C(C)C)cc1. The van der Waals surface area contributed by atoms with E-state index in [0.717, 1.165) is 16.7 Å². The maximum atomic E-state index is 13.8. The van der Waals surface area contributed by atoms with Crippen molar-refractivity contribution in [2.75, 3.05) is 6.61 Å². The molecule has 0 aliphatic carbocycles. The van der Waals surface area contributed by atoms with E-state index in [0.29, 0.717) is 43.6 Å². The largest absolute Gasteiger partial charge is 0.463 e. The second-order valence-corrected chi connectivity index (χ2v) is 11.1. The molecular weight excluding hydrogens is 542 g/mol. The lowest BCUT2D eigenvalue weighted by Gasteiger charge is -2.25. The van der Waals surface area contributed by atoms with Gasteiger partial charge in [-0.15, -0.1) is 0 Å². The zero-order chi connectivity index (χ0) is 29.4. The van der Waals surface area contributed by atoms with Crippen LogP contribution in [0.4, 0.5) is 5.69 Å². The molecule has 2 aromatic heterocycles. The Morgan fingerprint density at radius 3 is 2.56 bits per heavy atom. The minimum absolute atomic E-state index is 0.0595. The van der Waals surface area contributed by atoms with Gasteiger partial charge in [-0.2, -0.15) is 0 Å². The van der Waals surface area contributed by atoms with Crippen LogP contribution in [0.5, 0.6) is 0 Å². The number of carbonyl (C=O) groups is 1. The molecule has 4 aromatic rings. The van der Waals surface area contributed by atoms with E-state index < -0.39 is 16.9 Å². The van der Waals surface area contributed by atoms with Crippen LogP contribution in [0, 0.1) is 17.0 Å². The van der Waals surface area contributed by atoms with Gasteiger partial charge in [-0.3, -0.25) is 19.5 Å². The molecule has 0 radical (unpaired) electrons. The standard InChI is InChI=1S/C31H29N3O6S/c1-6-39-30(36)27-19(5)32-31-33(28(27)21-10-8-20(9-11-21)17(2)3)29(35)26(41-31)16-22-12-14-25(40-22)23-13-7-18(4)15-24(23)34(37)38/h7-17,28H,6H2,1-5H3/b26-16-/t28-/m0/s1. The van der Waals surface area contributed by atoms with Crippen molar-refractivity contribution in [3.8, 4) is 11.3 Å². The second-order valence-electron chi connectivity index (χ2n) is 10.1. The summed E-state index contributed by atoms with van der Waals surface area (Å²) in [5, 5.41) is 11.6. The minimum atomic E-state index is -0.712. The number of ether oxygens (including phenoxy) is 1. The summed E-state index contributed by atoms with van der Waals surface area (Å²) in [6.45, 7) is 9.65. The molecule has 3 heterocycles. The number of nitro benzene ring substituents is 1. The summed E-state index contributed by atoms with van der Waals surface area (Å²) in [5.41, 5.74) is 3.43. The van der Waals surface area contributed by atoms with E-state index in [1.165, 1.54) is 22.0 Å². The topological polar surface area (TPSA) is 117 Å². The highest BCUT2D eigenvalue weighted by Crippen LogP contribution is 2.33. The van der Waals surface area contributed by atoms with Crippen molar-refractivity contribution >= 4 is 29.1 Å². The molecule has 0 N–H and O–H groups in total. The normalized spacial score (nSPS) is 15.2. The Hall–Kier alpha value is -4.57. The Morgan fingerprint density at radius 1 is 1.17 bits per heavy atom. The van der Waals surface area contributed by atoms with Crippen molar-refractivity contribution in [1.82, 2.24) is 4.57 Å². The van der Waals surface area contributed by atoms with Crippen LogP contribution in [0.1, 0.15) is 62.1 Å². The number of allylic oxidation sites excluding steroid dienone is 1. The van der Waals surface area contributed by atoms with Crippen LogP contribution in [0.2, 0.25) is 0 Å². The summed E-state index contributed by atoms with van der Waals surface area (Å²) in [7, 11) is 0. The van der Waals surface area contributed by atoms with Gasteiger partial charge < -0.3 is 9.15 Å². The molecule has 2 aromatic carbocycles. The highest BCUT2D eigenvalue weighted by Gasteiger charge is 2.33. The highest BCUT2D eigenvalue weighted by atomic mass is 32.1. The minimum Gasteiger partial charge on any atom is -0.463 e. The molecule has 10 heteroatoms. The Kier molecular flexibility index (Phi) is 7.59. The summed E-state index contributed by atoms with van der Waals surface area (Å²) in [6.07, 6.45) is 1.59. The fraction of sp³-hybridized carbons (Fsp3) is 0.258. The Morgan fingerprint density at radius 2 is 1.90 bits per heavy atom. The Balaban J connectivity index is 1.63. The van der Waals surface area contributed by atoms with Crippen LogP contribution in [0.25, 0.3) is 17.4 Å². The first kappa shape index (κ1) is 28.0. The van der Waals surface area contributed by atoms with Gasteiger partial charge in [0.1, 0.15) is 11.5 Å². The fourth-order valence-electron chi connectivity index (χ4n) is 4.88. The molecule has 5 rings (SSSR count). The van der Waals surface area contributed by atoms with Gasteiger partial charge in [0, 0.05) is 12.1 Å². The van der Waals surface area contributed by atoms with E-state index >= 15 is 0 Å². The number of esters is 1. The molecule has 1 atom stereocenters. The molecule has 0 bridgehead atoms. The lowest BCUT2D eigenvalue weighted by Crippen LogP contribution is -2.39. The van der Waals surface area contributed by atoms with Crippen molar-refractivity contribution in [2.45, 2.75) is 46.6 Å². The number of furan rings is 1. The monoisotopic (exact) mass is 571 g/mol. The summed E-state index contributed by atoms with van der Waals surface area (Å²) < 4.78 is 13.2. The number of nitrogens with zero attached hydrogens (tertiary/aromatic N) is 3. The van der Waals surface area contributed by atoms with Crippen LogP contribution in [0.15, 0.2) is 80.1 Å². The van der Waals surface area contributed by atoms with Gasteiger partial charge in [0.2, 0.25) is 0 Å². The van der Waals surface area contributed by atoms with Gasteiger partial charge in [-0.1, -0.05) is 55.5 Å². The van der Waals surface area contributed by atoms with Gasteiger partial charge in [0.25, 0.3) is 11.2 Å². The maximum Gasteiger partial charge on any atom is 0.338 e. The zero-order valence-corrected chi connectivity index (χ0v) is 24.2. The lowest BCUT2D eigenvalue weighted by molar-refractivity contribution is -0.384. The molecule has 0 spiro atoms. The smallest absolute Gasteiger partial charge is 0.338 e. The molecule has 0 saturated heterocycles. The van der Waals surface area contributed by atoms with E-state index in [4.69, 9.17) is 9.15 Å². The van der Waals surface area contributed by atoms with E-state index in [2.05, 4.69) is 18.8 Å². The third-order valence-corrected chi connectivity index (χ3v) is 7.93. The van der Waals surface area contributed by atoms with Crippen molar-refractivity contribution < 1.29 is 18.9 Å². The van der Waals surface area contributed by atoms with Gasteiger partial charge >= 0.3 is 5.97 Å². The number of nitro groups is 1. The number of thiazole rings is 1. The van der Waals surface area contributed by atoms with E-state index in [-0.39, 0.29) is 17.9 Å². The molecule has 1 aliphatic rings. The zero-order valence-electron chi connectivity index (χ0n) is 23.3. The summed E-state index contributed by atoms with van der Waals surface area (Å²) >= 11 is 1.18. The van der Waals surface area contributed by atoms with Crippen molar-refractivity contribution in [3.05, 3.63) is 118 Å². The van der Waals surface area contributed by atoms with Crippen LogP contribution < -0.4 is 14.9 Å². The first-order valence-corrected chi connectivity index (χ1v) is 14.1. The molecule has 210 valence electrons. The number of carbonyl (C=O) groups excluding carboxylic acids is 1. The first-order valence-electron chi connectivity index (χ1n) is 13.2. The fourth-order valence-corrected chi connectivity index (χ4v) is 5.90. The average molecular weight is 572 g/mol. The molecule has 9 nitrogen and oxygen atoms in total. The predicted octanol–water partition coefficient (Wildman–Crippen LogP) is 5.40. The molecule has 41 heavy (non-hydrogen) atoms. The number of aryl methyl sites for hydroxylation is 1. The number of aromatic nitrogens is 1. The summed E-state index contributed by atoms with van der Waals surface area (Å²) in [4.78, 5) is 43.2. The molecule has 0 amide bonds. The maximum absolute atomic E-state index is 13.8. The molecule has 1 aliphatic heterocycles. The van der Waals surface area contributed by atoms with Crippen LogP contribution in [-0.4, -0.2) is 22.1 Å². The van der Waals surface area contributed by atoms with Gasteiger partial charge in [-0.05, 0) is 61.6 Å². The second kappa shape index (κ2) is 11.1. The Labute approximate surface area is 239 Å². The summed E-state index contributed by atoms with van der Waals surface area (Å²) in [6, 6.07) is 15.4. The van der Waals surface area contributed by atoms with Crippen molar-refractivity contribution in [1.29, 1.82) is 0 Å². The van der Waals surface area contributed by atoms with Gasteiger partial charge in [0.15, 0.2) is 4.80 Å². The van der Waals surface area contributed by atoms with E-state index in [1.807, 2.05) is 24.3 Å². The number of rotatable bonds is 7. The molecule has 0 saturated carbocycles. The average Bonchev–Trinajstić information content (AvgIpc) is 3.52. The predicted molar refractivity (Wildman–Crippen MR) is 156 cm³/mol. The molecule has 0 fully saturated rings. The quantitative estimate of drug-likeness (QED) is 0.167.